The van der Waals surface area contributed by atoms with Crippen LogP contribution in [0, 0.1) is 11.3 Å². The van der Waals surface area contributed by atoms with E-state index in [9.17, 15) is 4.79 Å². The van der Waals surface area contributed by atoms with Crippen LogP contribution in [0.1, 0.15) is 53.0 Å². The van der Waals surface area contributed by atoms with Crippen LogP contribution in [0.15, 0.2) is 127 Å². The zero-order valence-corrected chi connectivity index (χ0v) is 22.8. The minimum atomic E-state index is -0.703. The number of hydrogen-bond donors (Lipinski definition) is 0. The van der Waals surface area contributed by atoms with E-state index in [0.29, 0.717) is 25.2 Å². The van der Waals surface area contributed by atoms with Gasteiger partial charge in [-0.25, -0.2) is 5.01 Å². The number of ketones is 1. The second-order valence-corrected chi connectivity index (χ2v) is 11.9. The van der Waals surface area contributed by atoms with Crippen molar-refractivity contribution in [3.63, 3.8) is 0 Å². The monoisotopic (exact) mass is 536 g/mol. The van der Waals surface area contributed by atoms with Crippen LogP contribution in [-0.2, 0) is 9.59 Å². The van der Waals surface area contributed by atoms with Crippen molar-refractivity contribution in [2.45, 2.75) is 36.8 Å². The van der Waals surface area contributed by atoms with Gasteiger partial charge in [0.2, 0.25) is 5.91 Å². The first-order valence-electron chi connectivity index (χ1n) is 14.7. The number of allylic oxidation sites excluding steroid dienone is 2. The summed E-state index contributed by atoms with van der Waals surface area (Å²) in [5.74, 6) is -0.0437. The highest BCUT2D eigenvalue weighted by Crippen LogP contribution is 2.69. The number of carbonyl (C=O) groups excluding carboxylic acids is 2. The van der Waals surface area contributed by atoms with Crippen LogP contribution < -0.4 is 0 Å². The molecule has 1 spiro atoms. The third-order valence-corrected chi connectivity index (χ3v) is 10.1. The highest BCUT2D eigenvalue weighted by molar-refractivity contribution is 6.00. The Morgan fingerprint density at radius 3 is 1.85 bits per heavy atom. The summed E-state index contributed by atoms with van der Waals surface area (Å²) in [4.78, 5) is 28.9. The summed E-state index contributed by atoms with van der Waals surface area (Å²) in [5.41, 5.74) is 5.10. The lowest BCUT2D eigenvalue weighted by atomic mass is 9.62. The number of benzene rings is 4. The lowest BCUT2D eigenvalue weighted by Crippen LogP contribution is -2.43. The van der Waals surface area contributed by atoms with Crippen molar-refractivity contribution >= 4 is 17.3 Å². The predicted molar refractivity (Wildman–Crippen MR) is 159 cm³/mol. The maximum Gasteiger partial charge on any atom is 0.238 e. The van der Waals surface area contributed by atoms with Crippen LogP contribution in [-0.4, -0.2) is 34.3 Å². The number of nitrogens with zero attached hydrogens (tertiary/aromatic N) is 2. The first-order valence-corrected chi connectivity index (χ1v) is 14.7. The molecule has 2 aliphatic carbocycles. The van der Waals surface area contributed by atoms with Crippen LogP contribution in [0.3, 0.4) is 0 Å². The maximum atomic E-state index is 15.5. The lowest BCUT2D eigenvalue weighted by molar-refractivity contribution is -0.140. The van der Waals surface area contributed by atoms with Gasteiger partial charge in [-0.05, 0) is 34.2 Å². The molecule has 2 saturated heterocycles. The smallest absolute Gasteiger partial charge is 0.238 e. The molecule has 4 aromatic rings. The van der Waals surface area contributed by atoms with Crippen molar-refractivity contribution in [1.29, 1.82) is 0 Å². The van der Waals surface area contributed by atoms with Gasteiger partial charge in [0.15, 0.2) is 0 Å². The molecule has 0 radical (unpaired) electrons. The first-order chi connectivity index (χ1) is 20.2. The topological polar surface area (TPSA) is 40.6 Å². The zero-order chi connectivity index (χ0) is 27.6. The minimum absolute atomic E-state index is 0.0928. The summed E-state index contributed by atoms with van der Waals surface area (Å²) in [6.45, 7) is 0.670. The third kappa shape index (κ3) is 3.50. The van der Waals surface area contributed by atoms with E-state index < -0.39 is 5.41 Å². The van der Waals surface area contributed by atoms with Gasteiger partial charge >= 0.3 is 0 Å². The maximum absolute atomic E-state index is 15.5. The van der Waals surface area contributed by atoms with Gasteiger partial charge in [0.1, 0.15) is 5.78 Å². The van der Waals surface area contributed by atoms with Crippen LogP contribution in [0.2, 0.25) is 0 Å². The fourth-order valence-corrected chi connectivity index (χ4v) is 8.58. The molecule has 41 heavy (non-hydrogen) atoms. The molecule has 1 unspecified atom stereocenters. The molecule has 2 heterocycles. The summed E-state index contributed by atoms with van der Waals surface area (Å²) in [6.07, 6.45) is 3.53. The Bertz CT molecular complexity index is 1640. The standard InChI is InChI=1S/C37H32N2O2/c40-32-21-22-38-35(28-19-11-4-12-20-28)33-31(39(32)38)24-37(36(33)41)30(26-15-7-2-8-16-26)23-29(25-13-5-1-6-14-25)34(37)27-17-9-3-10-18-27/h1-20,23,30-31,33-35H,21-22,24H2/t30?,31-,33+,34+,35-,37+/m1/s1. The molecule has 2 aliphatic heterocycles. The Balaban J connectivity index is 1.36. The van der Waals surface area contributed by atoms with Gasteiger partial charge in [-0.3, -0.25) is 14.6 Å². The van der Waals surface area contributed by atoms with Crippen LogP contribution in [0.5, 0.6) is 0 Å². The van der Waals surface area contributed by atoms with Crippen molar-refractivity contribution in [2.75, 3.05) is 6.54 Å². The van der Waals surface area contributed by atoms with Gasteiger partial charge < -0.3 is 0 Å². The Morgan fingerprint density at radius 2 is 1.22 bits per heavy atom. The average Bonchev–Trinajstić information content (AvgIpc) is 3.75. The number of rotatable bonds is 4. The van der Waals surface area contributed by atoms with E-state index in [2.05, 4.69) is 96.0 Å². The van der Waals surface area contributed by atoms with Crippen LogP contribution in [0.25, 0.3) is 5.57 Å². The molecular formula is C37H32N2O2. The SMILES string of the molecule is O=C1CCN2[C@H](c3ccccc3)[C@H]3C(=O)[C@@]4(C[C@H]3N12)C(c1ccccc1)C=C(c1ccccc1)[C@@H]4c1ccccc1. The van der Waals surface area contributed by atoms with Gasteiger partial charge in [-0.15, -0.1) is 0 Å². The fraction of sp³-hybridized carbons (Fsp3) is 0.243. The fourth-order valence-electron chi connectivity index (χ4n) is 8.58. The molecule has 4 heteroatoms. The van der Waals surface area contributed by atoms with Crippen LogP contribution in [0.4, 0.5) is 0 Å². The predicted octanol–water partition coefficient (Wildman–Crippen LogP) is 6.80. The highest BCUT2D eigenvalue weighted by Gasteiger charge is 2.70. The third-order valence-electron chi connectivity index (χ3n) is 10.1. The van der Waals surface area contributed by atoms with E-state index in [1.165, 1.54) is 5.57 Å². The largest absolute Gasteiger partial charge is 0.299 e. The van der Waals surface area contributed by atoms with E-state index in [4.69, 9.17) is 0 Å². The molecule has 3 fully saturated rings. The molecule has 4 aliphatic rings. The molecule has 8 rings (SSSR count). The zero-order valence-electron chi connectivity index (χ0n) is 22.8. The van der Waals surface area contributed by atoms with Gasteiger partial charge in [-0.2, -0.15) is 0 Å². The second-order valence-electron chi connectivity index (χ2n) is 11.9. The van der Waals surface area contributed by atoms with Crippen molar-refractivity contribution in [3.05, 3.63) is 150 Å². The van der Waals surface area contributed by atoms with E-state index in [1.807, 2.05) is 41.4 Å². The number of carbonyl (C=O) groups is 2. The summed E-state index contributed by atoms with van der Waals surface area (Å²) >= 11 is 0. The summed E-state index contributed by atoms with van der Waals surface area (Å²) < 4.78 is 0. The van der Waals surface area contributed by atoms with Crippen molar-refractivity contribution in [1.82, 2.24) is 10.0 Å². The Kier molecular flexibility index (Phi) is 5.61. The molecule has 4 nitrogen and oxygen atoms in total. The first kappa shape index (κ1) is 24.5. The minimum Gasteiger partial charge on any atom is -0.299 e. The van der Waals surface area contributed by atoms with Gasteiger partial charge in [0.05, 0.1) is 23.4 Å². The quantitative estimate of drug-likeness (QED) is 0.288. The molecule has 4 aromatic carbocycles. The molecular weight excluding hydrogens is 504 g/mol. The molecule has 1 amide bonds. The number of hydrazine groups is 1. The molecule has 1 saturated carbocycles. The molecule has 202 valence electrons. The van der Waals surface area contributed by atoms with Crippen molar-refractivity contribution in [3.8, 4) is 0 Å². The van der Waals surface area contributed by atoms with E-state index in [0.717, 1.165) is 22.3 Å². The van der Waals surface area contributed by atoms with E-state index in [1.54, 1.807) is 0 Å². The van der Waals surface area contributed by atoms with Crippen molar-refractivity contribution < 1.29 is 9.59 Å². The van der Waals surface area contributed by atoms with E-state index >= 15 is 4.79 Å². The molecule has 0 N–H and O–H groups in total. The van der Waals surface area contributed by atoms with Gasteiger partial charge in [0.25, 0.3) is 0 Å². The normalized spacial score (nSPS) is 30.6. The molecule has 6 atom stereocenters. The Morgan fingerprint density at radius 1 is 0.659 bits per heavy atom. The summed E-state index contributed by atoms with van der Waals surface area (Å²) in [5, 5.41) is 4.19. The number of fused-ring (bicyclic) bond motifs is 3. The summed E-state index contributed by atoms with van der Waals surface area (Å²) in [7, 11) is 0. The second kappa shape index (κ2) is 9.39. The molecule has 0 aromatic heterocycles. The van der Waals surface area contributed by atoms with Crippen molar-refractivity contribution in [2.24, 2.45) is 11.3 Å². The number of hydrogen-bond acceptors (Lipinski definition) is 3. The van der Waals surface area contributed by atoms with Gasteiger partial charge in [-0.1, -0.05) is 127 Å². The Hall–Kier alpha value is -4.28. The average molecular weight is 537 g/mol. The number of Topliss-reactive ketones (excluding diaryl/α,β-unsaturated/α-hetero) is 1. The summed E-state index contributed by atoms with van der Waals surface area (Å²) in [6, 6.07) is 41.7. The van der Waals surface area contributed by atoms with Crippen LogP contribution >= 0.6 is 0 Å². The highest BCUT2D eigenvalue weighted by atomic mass is 16.2. The molecule has 0 bridgehead atoms. The van der Waals surface area contributed by atoms with Gasteiger partial charge in [0, 0.05) is 24.8 Å². The number of amides is 1. The Labute approximate surface area is 240 Å². The lowest BCUT2D eigenvalue weighted by Gasteiger charge is -2.40. The van der Waals surface area contributed by atoms with E-state index in [-0.39, 0.29) is 35.7 Å².